The van der Waals surface area contributed by atoms with E-state index >= 15 is 0 Å². The zero-order valence-corrected chi connectivity index (χ0v) is 13.7. The van der Waals surface area contributed by atoms with Crippen LogP contribution in [0.1, 0.15) is 5.76 Å². The van der Waals surface area contributed by atoms with Crippen LogP contribution in [-0.2, 0) is 16.6 Å². The van der Waals surface area contributed by atoms with Crippen LogP contribution in [0, 0.1) is 10.1 Å². The van der Waals surface area contributed by atoms with Crippen LogP contribution in [0.15, 0.2) is 76.4 Å². The van der Waals surface area contributed by atoms with Crippen LogP contribution in [0.4, 0.5) is 11.5 Å². The van der Waals surface area contributed by atoms with E-state index in [0.29, 0.717) is 5.76 Å². The van der Waals surface area contributed by atoms with E-state index in [2.05, 4.69) is 4.98 Å². The Kier molecular flexibility index (Phi) is 4.48. The molecule has 25 heavy (non-hydrogen) atoms. The Morgan fingerprint density at radius 2 is 1.84 bits per heavy atom. The summed E-state index contributed by atoms with van der Waals surface area (Å²) in [5, 5.41) is 11.2. The molecular weight excluding hydrogens is 346 g/mol. The third-order valence-corrected chi connectivity index (χ3v) is 5.21. The quantitative estimate of drug-likeness (QED) is 0.495. The van der Waals surface area contributed by atoms with Crippen LogP contribution in [0.2, 0.25) is 0 Å². The molecule has 0 saturated carbocycles. The lowest BCUT2D eigenvalue weighted by molar-refractivity contribution is -0.387. The van der Waals surface area contributed by atoms with E-state index in [9.17, 15) is 18.5 Å². The Morgan fingerprint density at radius 3 is 2.48 bits per heavy atom. The summed E-state index contributed by atoms with van der Waals surface area (Å²) in [7, 11) is -4.24. The number of anilines is 1. The predicted molar refractivity (Wildman–Crippen MR) is 89.4 cm³/mol. The third-order valence-electron chi connectivity index (χ3n) is 3.41. The van der Waals surface area contributed by atoms with Crippen molar-refractivity contribution in [1.29, 1.82) is 0 Å². The van der Waals surface area contributed by atoms with Crippen molar-refractivity contribution in [2.24, 2.45) is 0 Å². The molecule has 128 valence electrons. The number of nitrogens with zero attached hydrogens (tertiary/aromatic N) is 3. The van der Waals surface area contributed by atoms with E-state index < -0.39 is 25.5 Å². The van der Waals surface area contributed by atoms with Gasteiger partial charge in [0, 0.05) is 12.3 Å². The fourth-order valence-electron chi connectivity index (χ4n) is 2.28. The minimum Gasteiger partial charge on any atom is -0.467 e. The molecule has 0 saturated heterocycles. The zero-order chi connectivity index (χ0) is 17.9. The normalized spacial score (nSPS) is 11.2. The van der Waals surface area contributed by atoms with Crippen molar-refractivity contribution in [1.82, 2.24) is 4.98 Å². The van der Waals surface area contributed by atoms with E-state index in [-0.39, 0.29) is 12.4 Å². The van der Waals surface area contributed by atoms with Crippen LogP contribution in [0.3, 0.4) is 0 Å². The van der Waals surface area contributed by atoms with Crippen LogP contribution < -0.4 is 4.31 Å². The molecule has 2 aromatic heterocycles. The average Bonchev–Trinajstić information content (AvgIpc) is 3.13. The maximum absolute atomic E-state index is 13.1. The average molecular weight is 359 g/mol. The fraction of sp³-hybridized carbons (Fsp3) is 0.0625. The highest BCUT2D eigenvalue weighted by atomic mass is 32.2. The fourth-order valence-corrected chi connectivity index (χ4v) is 3.83. The minimum atomic E-state index is -4.24. The number of hydrogen-bond donors (Lipinski definition) is 0. The number of aromatic nitrogens is 1. The summed E-state index contributed by atoms with van der Waals surface area (Å²) < 4.78 is 32.5. The smallest absolute Gasteiger partial charge is 0.289 e. The monoisotopic (exact) mass is 359 g/mol. The highest BCUT2D eigenvalue weighted by Crippen LogP contribution is 2.30. The van der Waals surface area contributed by atoms with Gasteiger partial charge in [-0.2, -0.15) is 0 Å². The van der Waals surface area contributed by atoms with Gasteiger partial charge in [0.05, 0.1) is 17.7 Å². The number of furan rings is 1. The van der Waals surface area contributed by atoms with Crippen molar-refractivity contribution in [3.05, 3.63) is 82.9 Å². The highest BCUT2D eigenvalue weighted by Gasteiger charge is 2.32. The van der Waals surface area contributed by atoms with E-state index in [0.717, 1.165) is 10.4 Å². The van der Waals surface area contributed by atoms with Gasteiger partial charge in [-0.15, -0.1) is 0 Å². The number of benzene rings is 1. The molecule has 0 radical (unpaired) electrons. The molecule has 8 nitrogen and oxygen atoms in total. The third kappa shape index (κ3) is 3.36. The standard InChI is InChI=1S/C16H13N3O5S/c20-19(21)14-7-1-2-8-15(14)25(22,23)18(12-13-6-5-11-24-13)16-9-3-4-10-17-16/h1-11H,12H2. The molecular formula is C16H13N3O5S. The summed E-state index contributed by atoms with van der Waals surface area (Å²) in [6, 6.07) is 13.2. The summed E-state index contributed by atoms with van der Waals surface area (Å²) in [6.07, 6.45) is 2.86. The van der Waals surface area contributed by atoms with Crippen molar-refractivity contribution in [2.75, 3.05) is 4.31 Å². The van der Waals surface area contributed by atoms with Crippen molar-refractivity contribution in [2.45, 2.75) is 11.4 Å². The first kappa shape index (κ1) is 16.7. The summed E-state index contributed by atoms with van der Waals surface area (Å²) in [5.74, 6) is 0.518. The van der Waals surface area contributed by atoms with Gasteiger partial charge in [-0.1, -0.05) is 18.2 Å². The minimum absolute atomic E-state index is 0.136. The SMILES string of the molecule is O=[N+]([O-])c1ccccc1S(=O)(=O)N(Cc1ccco1)c1ccccn1. The molecule has 0 aliphatic heterocycles. The maximum Gasteiger partial charge on any atom is 0.289 e. The lowest BCUT2D eigenvalue weighted by Gasteiger charge is -2.22. The molecule has 1 aromatic carbocycles. The number of pyridine rings is 1. The molecule has 0 bridgehead atoms. The second-order valence-electron chi connectivity index (χ2n) is 5.00. The molecule has 0 unspecified atom stereocenters. The molecule has 0 fully saturated rings. The Hall–Kier alpha value is -3.20. The number of rotatable bonds is 6. The molecule has 3 rings (SSSR count). The van der Waals surface area contributed by atoms with Crippen molar-refractivity contribution < 1.29 is 17.8 Å². The number of hydrogen-bond acceptors (Lipinski definition) is 6. The molecule has 2 heterocycles. The summed E-state index contributed by atoms with van der Waals surface area (Å²) in [5.41, 5.74) is -0.497. The van der Waals surface area contributed by atoms with E-state index in [1.807, 2.05) is 0 Å². The Morgan fingerprint density at radius 1 is 1.08 bits per heavy atom. The van der Waals surface area contributed by atoms with Crippen molar-refractivity contribution in [3.8, 4) is 0 Å². The molecule has 0 spiro atoms. The van der Waals surface area contributed by atoms with Crippen LogP contribution in [0.25, 0.3) is 0 Å². The largest absolute Gasteiger partial charge is 0.467 e. The predicted octanol–water partition coefficient (Wildman–Crippen LogP) is 2.98. The number of nitro groups is 1. The van der Waals surface area contributed by atoms with Gasteiger partial charge in [-0.3, -0.25) is 10.1 Å². The zero-order valence-electron chi connectivity index (χ0n) is 12.8. The summed E-state index contributed by atoms with van der Waals surface area (Å²) in [4.78, 5) is 14.2. The summed E-state index contributed by atoms with van der Waals surface area (Å²) in [6.45, 7) is -0.140. The molecule has 3 aromatic rings. The first-order valence-corrected chi connectivity index (χ1v) is 8.64. The van der Waals surface area contributed by atoms with Gasteiger partial charge in [0.25, 0.3) is 15.7 Å². The van der Waals surface area contributed by atoms with Gasteiger partial charge in [-0.25, -0.2) is 17.7 Å². The number of nitro benzene ring substituents is 1. The van der Waals surface area contributed by atoms with Crippen LogP contribution in [-0.4, -0.2) is 18.3 Å². The van der Waals surface area contributed by atoms with Gasteiger partial charge in [-0.05, 0) is 30.3 Å². The Labute approximate surface area is 143 Å². The van der Waals surface area contributed by atoms with Gasteiger partial charge < -0.3 is 4.42 Å². The molecule has 0 aliphatic rings. The van der Waals surface area contributed by atoms with E-state index in [1.54, 1.807) is 24.3 Å². The molecule has 0 atom stereocenters. The highest BCUT2D eigenvalue weighted by molar-refractivity contribution is 7.93. The topological polar surface area (TPSA) is 107 Å². The Balaban J connectivity index is 2.13. The second-order valence-corrected chi connectivity index (χ2v) is 6.83. The maximum atomic E-state index is 13.1. The Bertz CT molecular complexity index is 972. The first-order chi connectivity index (χ1) is 12.0. The second kappa shape index (κ2) is 6.73. The van der Waals surface area contributed by atoms with Crippen LogP contribution >= 0.6 is 0 Å². The van der Waals surface area contributed by atoms with E-state index in [4.69, 9.17) is 4.42 Å². The molecule has 0 N–H and O–H groups in total. The van der Waals surface area contributed by atoms with Gasteiger partial charge in [0.15, 0.2) is 4.90 Å². The van der Waals surface area contributed by atoms with Gasteiger partial charge >= 0.3 is 0 Å². The molecule has 0 amide bonds. The number of para-hydroxylation sites is 1. The molecule has 0 aliphatic carbocycles. The van der Waals surface area contributed by atoms with Crippen molar-refractivity contribution in [3.63, 3.8) is 0 Å². The number of sulfonamides is 1. The first-order valence-electron chi connectivity index (χ1n) is 7.20. The lowest BCUT2D eigenvalue weighted by Crippen LogP contribution is -2.31. The van der Waals surface area contributed by atoms with Crippen LogP contribution in [0.5, 0.6) is 0 Å². The van der Waals surface area contributed by atoms with Crippen molar-refractivity contribution >= 4 is 21.5 Å². The van der Waals surface area contributed by atoms with Gasteiger partial charge in [0.2, 0.25) is 0 Å². The van der Waals surface area contributed by atoms with Gasteiger partial charge in [0.1, 0.15) is 11.6 Å². The molecule has 9 heteroatoms. The lowest BCUT2D eigenvalue weighted by atomic mass is 10.3. The van der Waals surface area contributed by atoms with E-state index in [1.165, 1.54) is 36.7 Å². The summed E-state index contributed by atoms with van der Waals surface area (Å²) >= 11 is 0.